The average molecular weight is 509 g/mol. The van der Waals surface area contributed by atoms with E-state index >= 15 is 0 Å². The Morgan fingerprint density at radius 1 is 1.00 bits per heavy atom. The smallest absolute Gasteiger partial charge is 0.350 e. The molecule has 0 spiro atoms. The highest BCUT2D eigenvalue weighted by Gasteiger charge is 2.48. The molecule has 4 rings (SSSR count). The van der Waals surface area contributed by atoms with Crippen molar-refractivity contribution in [3.8, 4) is 11.5 Å². The lowest BCUT2D eigenvalue weighted by molar-refractivity contribution is -0.132. The fraction of sp³-hybridized carbons (Fsp3) is 0.231. The number of aryl methyl sites for hydroxylation is 2. The molecule has 1 amide bonds. The second kappa shape index (κ2) is 9.82. The van der Waals surface area contributed by atoms with E-state index in [2.05, 4.69) is 4.98 Å². The summed E-state index contributed by atoms with van der Waals surface area (Å²) < 4.78 is 15.6. The normalized spacial score (nSPS) is 16.8. The van der Waals surface area contributed by atoms with Crippen LogP contribution >= 0.6 is 11.3 Å². The van der Waals surface area contributed by atoms with Gasteiger partial charge in [0.25, 0.3) is 5.78 Å². The molecular weight excluding hydrogens is 484 g/mol. The van der Waals surface area contributed by atoms with Crippen LogP contribution in [0.1, 0.15) is 38.1 Å². The molecule has 0 unspecified atom stereocenters. The molecule has 1 fully saturated rings. The summed E-state index contributed by atoms with van der Waals surface area (Å²) in [6.45, 7) is 3.51. The number of aliphatic hydroxyl groups is 1. The highest BCUT2D eigenvalue weighted by atomic mass is 32.1. The Morgan fingerprint density at radius 3 is 2.28 bits per heavy atom. The monoisotopic (exact) mass is 508 g/mol. The van der Waals surface area contributed by atoms with E-state index in [1.807, 2.05) is 6.92 Å². The SMILES string of the molecule is COC(=O)c1sc(N2C(=O)C(=O)/C(=C(/O)c3ccc(C)cc3)[C@@H]2c2ccc(OC)c(OC)c2)nc1C. The summed E-state index contributed by atoms with van der Waals surface area (Å²) in [4.78, 5) is 44.7. The molecule has 3 aromatic rings. The van der Waals surface area contributed by atoms with Crippen LogP contribution in [0.4, 0.5) is 5.13 Å². The minimum Gasteiger partial charge on any atom is -0.507 e. The summed E-state index contributed by atoms with van der Waals surface area (Å²) in [6, 6.07) is 10.8. The minimum absolute atomic E-state index is 0.108. The predicted octanol–water partition coefficient (Wildman–Crippen LogP) is 4.19. The Morgan fingerprint density at radius 2 is 1.67 bits per heavy atom. The van der Waals surface area contributed by atoms with Crippen molar-refractivity contribution in [2.75, 3.05) is 26.2 Å². The number of aliphatic hydroxyl groups excluding tert-OH is 1. The first-order chi connectivity index (χ1) is 17.2. The van der Waals surface area contributed by atoms with Gasteiger partial charge in [0.05, 0.1) is 38.6 Å². The summed E-state index contributed by atoms with van der Waals surface area (Å²) in [5, 5.41) is 11.4. The summed E-state index contributed by atoms with van der Waals surface area (Å²) in [6.07, 6.45) is 0. The number of amides is 1. The third kappa shape index (κ3) is 4.20. The van der Waals surface area contributed by atoms with E-state index in [0.717, 1.165) is 16.9 Å². The Balaban J connectivity index is 1.96. The molecule has 1 N–H and O–H groups in total. The quantitative estimate of drug-likeness (QED) is 0.228. The molecule has 1 saturated heterocycles. The van der Waals surface area contributed by atoms with Gasteiger partial charge >= 0.3 is 11.9 Å². The van der Waals surface area contributed by atoms with Crippen LogP contribution in [-0.2, 0) is 14.3 Å². The van der Waals surface area contributed by atoms with Crippen molar-refractivity contribution in [1.29, 1.82) is 0 Å². The number of ketones is 1. The molecule has 36 heavy (non-hydrogen) atoms. The number of Topliss-reactive ketones (excluding diaryl/α,β-unsaturated/α-hetero) is 1. The number of thiazole rings is 1. The van der Waals surface area contributed by atoms with Gasteiger partial charge in [-0.1, -0.05) is 47.2 Å². The van der Waals surface area contributed by atoms with E-state index in [4.69, 9.17) is 14.2 Å². The highest BCUT2D eigenvalue weighted by molar-refractivity contribution is 7.17. The highest BCUT2D eigenvalue weighted by Crippen LogP contribution is 2.45. The van der Waals surface area contributed by atoms with E-state index in [1.54, 1.807) is 49.4 Å². The number of nitrogens with zero attached hydrogens (tertiary/aromatic N) is 2. The number of esters is 1. The largest absolute Gasteiger partial charge is 0.507 e. The molecule has 9 nitrogen and oxygen atoms in total. The number of hydrogen-bond acceptors (Lipinski definition) is 9. The van der Waals surface area contributed by atoms with E-state index < -0.39 is 23.7 Å². The molecule has 1 aliphatic rings. The molecule has 1 atom stereocenters. The van der Waals surface area contributed by atoms with Crippen LogP contribution in [0.3, 0.4) is 0 Å². The van der Waals surface area contributed by atoms with Crippen LogP contribution in [0.2, 0.25) is 0 Å². The Bertz CT molecular complexity index is 1390. The first-order valence-corrected chi connectivity index (χ1v) is 11.7. The number of carbonyl (C=O) groups excluding carboxylic acids is 3. The lowest BCUT2D eigenvalue weighted by Gasteiger charge is -2.23. The van der Waals surface area contributed by atoms with Crippen molar-refractivity contribution in [3.05, 3.63) is 75.3 Å². The van der Waals surface area contributed by atoms with Crippen LogP contribution in [0.25, 0.3) is 5.76 Å². The molecular formula is C26H24N2O7S. The fourth-order valence-electron chi connectivity index (χ4n) is 4.00. The van der Waals surface area contributed by atoms with Gasteiger partial charge in [-0.2, -0.15) is 0 Å². The van der Waals surface area contributed by atoms with Gasteiger partial charge in [0.2, 0.25) is 0 Å². The second-order valence-electron chi connectivity index (χ2n) is 8.05. The maximum atomic E-state index is 13.4. The van der Waals surface area contributed by atoms with Gasteiger partial charge in [-0.25, -0.2) is 9.78 Å². The van der Waals surface area contributed by atoms with Crippen molar-refractivity contribution < 1.29 is 33.7 Å². The molecule has 0 bridgehead atoms. The van der Waals surface area contributed by atoms with Crippen LogP contribution in [0.15, 0.2) is 48.0 Å². The standard InChI is InChI=1S/C26H24N2O7S/c1-13-6-8-15(9-7-13)21(29)19-20(16-10-11-17(33-3)18(12-16)34-4)28(24(31)22(19)30)26-27-14(2)23(36-26)25(32)35-5/h6-12,20,29H,1-5H3/b21-19+/t20-/m0/s1. The van der Waals surface area contributed by atoms with Gasteiger partial charge < -0.3 is 19.3 Å². The first kappa shape index (κ1) is 24.9. The third-order valence-electron chi connectivity index (χ3n) is 5.85. The Kier molecular flexibility index (Phi) is 6.80. The maximum Gasteiger partial charge on any atom is 0.350 e. The van der Waals surface area contributed by atoms with E-state index in [1.165, 1.54) is 26.2 Å². The summed E-state index contributed by atoms with van der Waals surface area (Å²) in [7, 11) is 4.21. The lowest BCUT2D eigenvalue weighted by atomic mass is 9.95. The zero-order valence-corrected chi connectivity index (χ0v) is 21.1. The molecule has 0 saturated carbocycles. The predicted molar refractivity (Wildman–Crippen MR) is 134 cm³/mol. The lowest BCUT2D eigenvalue weighted by Crippen LogP contribution is -2.29. The van der Waals surface area contributed by atoms with Gasteiger partial charge in [0.15, 0.2) is 16.6 Å². The number of methoxy groups -OCH3 is 3. The number of rotatable bonds is 6. The summed E-state index contributed by atoms with van der Waals surface area (Å²) in [5.41, 5.74) is 2.08. The number of carbonyl (C=O) groups is 3. The molecule has 2 aromatic carbocycles. The molecule has 186 valence electrons. The molecule has 0 aliphatic carbocycles. The molecule has 10 heteroatoms. The van der Waals surface area contributed by atoms with Crippen LogP contribution < -0.4 is 14.4 Å². The van der Waals surface area contributed by atoms with Gasteiger partial charge in [-0.15, -0.1) is 0 Å². The number of anilines is 1. The van der Waals surface area contributed by atoms with Crippen molar-refractivity contribution in [3.63, 3.8) is 0 Å². The van der Waals surface area contributed by atoms with E-state index in [9.17, 15) is 19.5 Å². The summed E-state index contributed by atoms with van der Waals surface area (Å²) in [5.74, 6) is -1.85. The number of hydrogen-bond donors (Lipinski definition) is 1. The van der Waals surface area contributed by atoms with Crippen LogP contribution in [-0.4, -0.2) is 49.1 Å². The Hall–Kier alpha value is -4.18. The second-order valence-corrected chi connectivity index (χ2v) is 9.03. The van der Waals surface area contributed by atoms with Crippen molar-refractivity contribution in [2.24, 2.45) is 0 Å². The fourth-order valence-corrected chi connectivity index (χ4v) is 5.01. The third-order valence-corrected chi connectivity index (χ3v) is 6.99. The van der Waals surface area contributed by atoms with Gasteiger partial charge in [0, 0.05) is 5.56 Å². The number of aromatic nitrogens is 1. The van der Waals surface area contributed by atoms with E-state index in [-0.39, 0.29) is 21.3 Å². The van der Waals surface area contributed by atoms with Crippen molar-refractivity contribution >= 4 is 39.9 Å². The van der Waals surface area contributed by atoms with Crippen molar-refractivity contribution in [1.82, 2.24) is 4.98 Å². The number of benzene rings is 2. The topological polar surface area (TPSA) is 115 Å². The molecule has 2 heterocycles. The number of ether oxygens (including phenoxy) is 3. The maximum absolute atomic E-state index is 13.4. The molecule has 1 aliphatic heterocycles. The average Bonchev–Trinajstić information content (AvgIpc) is 3.39. The Labute approximate surface area is 211 Å². The van der Waals surface area contributed by atoms with Gasteiger partial charge in [-0.05, 0) is 31.5 Å². The molecule has 0 radical (unpaired) electrons. The zero-order valence-electron chi connectivity index (χ0n) is 20.3. The zero-order chi connectivity index (χ0) is 26.1. The first-order valence-electron chi connectivity index (χ1n) is 10.9. The van der Waals surface area contributed by atoms with Crippen molar-refractivity contribution in [2.45, 2.75) is 19.9 Å². The van der Waals surface area contributed by atoms with E-state index in [0.29, 0.717) is 28.3 Å². The van der Waals surface area contributed by atoms with Gasteiger partial charge in [0.1, 0.15) is 10.6 Å². The van der Waals surface area contributed by atoms with Gasteiger partial charge in [-0.3, -0.25) is 14.5 Å². The van der Waals surface area contributed by atoms with Crippen LogP contribution in [0, 0.1) is 13.8 Å². The minimum atomic E-state index is -1.04. The van der Waals surface area contributed by atoms with Crippen LogP contribution in [0.5, 0.6) is 11.5 Å². The molecule has 1 aromatic heterocycles. The summed E-state index contributed by atoms with van der Waals surface area (Å²) >= 11 is 0.930.